The quantitative estimate of drug-likeness (QED) is 0.678. The zero-order chi connectivity index (χ0) is 16.4. The number of fused-ring (bicyclic) bond motifs is 1. The lowest BCUT2D eigenvalue weighted by Gasteiger charge is -2.14. The van der Waals surface area contributed by atoms with Gasteiger partial charge in [-0.2, -0.15) is 4.98 Å². The Balaban J connectivity index is 1.83. The van der Waals surface area contributed by atoms with Gasteiger partial charge in [-0.05, 0) is 29.8 Å². The van der Waals surface area contributed by atoms with E-state index in [0.29, 0.717) is 27.2 Å². The van der Waals surface area contributed by atoms with Crippen LogP contribution in [-0.4, -0.2) is 21.7 Å². The highest BCUT2D eigenvalue weighted by atomic mass is 35.5. The van der Waals surface area contributed by atoms with E-state index in [2.05, 4.69) is 9.97 Å². The Morgan fingerprint density at radius 1 is 1.09 bits per heavy atom. The van der Waals surface area contributed by atoms with Gasteiger partial charge in [0.05, 0.1) is 10.9 Å². The zero-order valence-corrected chi connectivity index (χ0v) is 12.9. The Morgan fingerprint density at radius 3 is 2.57 bits per heavy atom. The average molecular weight is 331 g/mol. The molecule has 23 heavy (non-hydrogen) atoms. The first-order chi connectivity index (χ1) is 11.0. The first-order valence-corrected chi connectivity index (χ1v) is 7.30. The molecule has 1 unspecified atom stereocenters. The summed E-state index contributed by atoms with van der Waals surface area (Å²) in [6.07, 6.45) is -0.793. The van der Waals surface area contributed by atoms with Gasteiger partial charge >= 0.3 is 0 Å². The summed E-state index contributed by atoms with van der Waals surface area (Å²) in [6, 6.07) is 12.2. The molecule has 0 bridgehead atoms. The predicted molar refractivity (Wildman–Crippen MR) is 90.3 cm³/mol. The minimum Gasteiger partial charge on any atom is -0.490 e. The molecule has 0 aliphatic carbocycles. The van der Waals surface area contributed by atoms with Crippen molar-refractivity contribution in [3.63, 3.8) is 0 Å². The van der Waals surface area contributed by atoms with Gasteiger partial charge in [0.25, 0.3) is 0 Å². The molecule has 2 aromatic carbocycles. The molecule has 0 fully saturated rings. The van der Waals surface area contributed by atoms with Crippen LogP contribution in [0.1, 0.15) is 11.7 Å². The van der Waals surface area contributed by atoms with Crippen molar-refractivity contribution in [2.45, 2.75) is 6.10 Å². The largest absolute Gasteiger partial charge is 0.490 e. The Kier molecular flexibility index (Phi) is 4.18. The number of aliphatic hydroxyl groups is 1. The molecule has 0 aliphatic rings. The van der Waals surface area contributed by atoms with E-state index in [4.69, 9.17) is 27.8 Å². The summed E-state index contributed by atoms with van der Waals surface area (Å²) in [5.74, 6) is 0.838. The van der Waals surface area contributed by atoms with E-state index in [0.717, 1.165) is 0 Å². The van der Waals surface area contributed by atoms with Crippen molar-refractivity contribution in [2.24, 2.45) is 0 Å². The normalized spacial score (nSPS) is 12.3. The molecule has 0 saturated carbocycles. The third-order valence-electron chi connectivity index (χ3n) is 3.38. The second-order valence-electron chi connectivity index (χ2n) is 5.00. The van der Waals surface area contributed by atoms with Crippen LogP contribution in [0.3, 0.4) is 0 Å². The third kappa shape index (κ3) is 3.28. The van der Waals surface area contributed by atoms with Crippen LogP contribution < -0.4 is 16.2 Å². The molecule has 0 amide bonds. The number of rotatable bonds is 4. The van der Waals surface area contributed by atoms with Crippen LogP contribution in [0.2, 0.25) is 5.02 Å². The molecule has 1 aromatic heterocycles. The van der Waals surface area contributed by atoms with Gasteiger partial charge in [0.2, 0.25) is 5.95 Å². The number of aliphatic hydroxyl groups excluding tert-OH is 1. The van der Waals surface area contributed by atoms with Gasteiger partial charge in [-0.1, -0.05) is 29.8 Å². The van der Waals surface area contributed by atoms with Crippen molar-refractivity contribution in [2.75, 3.05) is 18.1 Å². The summed E-state index contributed by atoms with van der Waals surface area (Å²) >= 11 is 5.83. The Bertz CT molecular complexity index is 839. The van der Waals surface area contributed by atoms with Gasteiger partial charge in [0, 0.05) is 5.02 Å². The van der Waals surface area contributed by atoms with Crippen molar-refractivity contribution in [1.29, 1.82) is 0 Å². The monoisotopic (exact) mass is 330 g/mol. The smallest absolute Gasteiger partial charge is 0.222 e. The Labute approximate surface area is 137 Å². The number of nitrogens with two attached hydrogens (primary N) is 2. The minimum absolute atomic E-state index is 0.0601. The highest BCUT2D eigenvalue weighted by molar-refractivity contribution is 6.30. The molecule has 3 rings (SSSR count). The summed E-state index contributed by atoms with van der Waals surface area (Å²) in [7, 11) is 0. The van der Waals surface area contributed by atoms with Crippen LogP contribution in [0.25, 0.3) is 10.9 Å². The van der Waals surface area contributed by atoms with Gasteiger partial charge < -0.3 is 21.3 Å². The van der Waals surface area contributed by atoms with Crippen molar-refractivity contribution < 1.29 is 9.84 Å². The Morgan fingerprint density at radius 2 is 1.83 bits per heavy atom. The van der Waals surface area contributed by atoms with E-state index < -0.39 is 6.10 Å². The standard InChI is InChI=1S/C16H15ClN4O2/c17-10-6-4-9(5-7-10)12(22)8-23-13-3-1-2-11-14(13)15(18)21-16(19)20-11/h1-7,12,22H,8H2,(H4,18,19,20,21). The van der Waals surface area contributed by atoms with Crippen LogP contribution in [0, 0.1) is 0 Å². The van der Waals surface area contributed by atoms with Crippen molar-refractivity contribution in [3.8, 4) is 5.75 Å². The fourth-order valence-corrected chi connectivity index (χ4v) is 2.39. The molecule has 3 aromatic rings. The van der Waals surface area contributed by atoms with Gasteiger partial charge in [0.15, 0.2) is 0 Å². The molecule has 0 aliphatic heterocycles. The van der Waals surface area contributed by atoms with Crippen LogP contribution in [0.15, 0.2) is 42.5 Å². The van der Waals surface area contributed by atoms with Crippen molar-refractivity contribution in [1.82, 2.24) is 9.97 Å². The summed E-state index contributed by atoms with van der Waals surface area (Å²) in [6.45, 7) is 0.0601. The molecular formula is C16H15ClN4O2. The van der Waals surface area contributed by atoms with Crippen LogP contribution in [0.5, 0.6) is 5.75 Å². The molecule has 1 heterocycles. The van der Waals surface area contributed by atoms with Gasteiger partial charge in [-0.25, -0.2) is 4.98 Å². The van der Waals surface area contributed by atoms with Crippen molar-refractivity contribution >= 4 is 34.3 Å². The lowest BCUT2D eigenvalue weighted by molar-refractivity contribution is 0.109. The summed E-state index contributed by atoms with van der Waals surface area (Å²) < 4.78 is 5.70. The number of ether oxygens (including phenoxy) is 1. The molecule has 118 valence electrons. The fourth-order valence-electron chi connectivity index (χ4n) is 2.27. The number of nitrogens with zero attached hydrogens (tertiary/aromatic N) is 2. The maximum absolute atomic E-state index is 10.2. The van der Waals surface area contributed by atoms with Gasteiger partial charge in [0.1, 0.15) is 24.3 Å². The molecule has 7 heteroatoms. The predicted octanol–water partition coefficient (Wildman–Crippen LogP) is 2.56. The highest BCUT2D eigenvalue weighted by Gasteiger charge is 2.13. The number of benzene rings is 2. The number of anilines is 2. The SMILES string of the molecule is Nc1nc(N)c2c(OCC(O)c3ccc(Cl)cc3)cccc2n1. The third-order valence-corrected chi connectivity index (χ3v) is 3.63. The van der Waals surface area contributed by atoms with E-state index in [9.17, 15) is 5.11 Å². The molecule has 0 spiro atoms. The number of hydrogen-bond acceptors (Lipinski definition) is 6. The van der Waals surface area contributed by atoms with Crippen LogP contribution >= 0.6 is 11.6 Å². The van der Waals surface area contributed by atoms with E-state index in [1.165, 1.54) is 0 Å². The second kappa shape index (κ2) is 6.28. The first kappa shape index (κ1) is 15.3. The highest BCUT2D eigenvalue weighted by Crippen LogP contribution is 2.30. The molecule has 0 saturated heterocycles. The summed E-state index contributed by atoms with van der Waals surface area (Å²) in [5, 5.41) is 11.4. The number of nitrogen functional groups attached to an aromatic ring is 2. The maximum atomic E-state index is 10.2. The number of aromatic nitrogens is 2. The van der Waals surface area contributed by atoms with E-state index in [1.54, 1.807) is 42.5 Å². The number of hydrogen-bond donors (Lipinski definition) is 3. The lowest BCUT2D eigenvalue weighted by Crippen LogP contribution is -2.10. The van der Waals surface area contributed by atoms with E-state index in [-0.39, 0.29) is 18.4 Å². The second-order valence-corrected chi connectivity index (χ2v) is 5.43. The molecule has 6 nitrogen and oxygen atoms in total. The van der Waals surface area contributed by atoms with Crippen molar-refractivity contribution in [3.05, 3.63) is 53.1 Å². The minimum atomic E-state index is -0.793. The summed E-state index contributed by atoms with van der Waals surface area (Å²) in [4.78, 5) is 8.07. The topological polar surface area (TPSA) is 107 Å². The first-order valence-electron chi connectivity index (χ1n) is 6.92. The molecular weight excluding hydrogens is 316 g/mol. The van der Waals surface area contributed by atoms with E-state index >= 15 is 0 Å². The van der Waals surface area contributed by atoms with Crippen LogP contribution in [-0.2, 0) is 0 Å². The molecule has 0 radical (unpaired) electrons. The maximum Gasteiger partial charge on any atom is 0.222 e. The number of halogens is 1. The van der Waals surface area contributed by atoms with E-state index in [1.807, 2.05) is 0 Å². The zero-order valence-electron chi connectivity index (χ0n) is 12.1. The van der Waals surface area contributed by atoms with Gasteiger partial charge in [-0.3, -0.25) is 0 Å². The average Bonchev–Trinajstić information content (AvgIpc) is 2.52. The fraction of sp³-hybridized carbons (Fsp3) is 0.125. The molecule has 5 N–H and O–H groups in total. The Hall–Kier alpha value is -2.57. The molecule has 1 atom stereocenters. The van der Waals surface area contributed by atoms with Crippen LogP contribution in [0.4, 0.5) is 11.8 Å². The lowest BCUT2D eigenvalue weighted by atomic mass is 10.1. The summed E-state index contributed by atoms with van der Waals surface area (Å²) in [5.41, 5.74) is 12.8. The van der Waals surface area contributed by atoms with Gasteiger partial charge in [-0.15, -0.1) is 0 Å².